The molecule has 0 N–H and O–H groups in total. The second kappa shape index (κ2) is 5.41. The average Bonchev–Trinajstić information content (AvgIpc) is 2.66. The predicted octanol–water partition coefficient (Wildman–Crippen LogP) is 3.01. The Labute approximate surface area is 134 Å². The van der Waals surface area contributed by atoms with Gasteiger partial charge in [0.1, 0.15) is 5.60 Å². The quantitative estimate of drug-likeness (QED) is 0.645. The summed E-state index contributed by atoms with van der Waals surface area (Å²) in [5.41, 5.74) is -1.71. The van der Waals surface area contributed by atoms with E-state index in [0.717, 1.165) is 6.42 Å². The number of nitrogens with zero attached hydrogens (tertiary/aromatic N) is 1. The first-order valence-electron chi connectivity index (χ1n) is 8.04. The van der Waals surface area contributed by atoms with Gasteiger partial charge >= 0.3 is 6.09 Å². The highest BCUT2D eigenvalue weighted by Gasteiger charge is 2.52. The highest BCUT2D eigenvalue weighted by Crippen LogP contribution is 2.42. The van der Waals surface area contributed by atoms with Crippen molar-refractivity contribution in [3.05, 3.63) is 0 Å². The highest BCUT2D eigenvalue weighted by molar-refractivity contribution is 6.28. The van der Waals surface area contributed by atoms with Gasteiger partial charge in [0.15, 0.2) is 0 Å². The molecule has 2 heterocycles. The Hall–Kier alpha value is -0.745. The van der Waals surface area contributed by atoms with Crippen molar-refractivity contribution in [3.63, 3.8) is 0 Å². The van der Waals surface area contributed by atoms with Crippen LogP contribution in [-0.4, -0.2) is 54.0 Å². The maximum Gasteiger partial charge on any atom is 0.410 e. The molecule has 1 radical (unpaired) electrons. The zero-order valence-electron chi connectivity index (χ0n) is 15.0. The molecule has 2 rings (SSSR count). The van der Waals surface area contributed by atoms with Gasteiger partial charge < -0.3 is 19.0 Å². The Morgan fingerprint density at radius 1 is 1.18 bits per heavy atom. The van der Waals surface area contributed by atoms with Crippen molar-refractivity contribution in [2.75, 3.05) is 13.1 Å². The number of amides is 1. The molecule has 2 aliphatic rings. The van der Waals surface area contributed by atoms with E-state index in [2.05, 4.69) is 0 Å². The number of rotatable bonds is 0. The van der Waals surface area contributed by atoms with Gasteiger partial charge in [-0.15, -0.1) is 0 Å². The maximum absolute atomic E-state index is 12.3. The van der Waals surface area contributed by atoms with E-state index in [-0.39, 0.29) is 11.7 Å². The standard InChI is InChI=1S/C16H29BNO4/c1-13(2,3)20-12(19)18-9-8-16(11-18)10-17-22-15(6,7)14(4,5)21-16/h8-11H2,1-7H3. The van der Waals surface area contributed by atoms with Crippen molar-refractivity contribution >= 4 is 13.6 Å². The second-order valence-corrected chi connectivity index (χ2v) is 8.45. The Bertz CT molecular complexity index is 444. The van der Waals surface area contributed by atoms with Gasteiger partial charge in [-0.3, -0.25) is 0 Å². The molecule has 2 aliphatic heterocycles. The molecule has 0 aliphatic carbocycles. The lowest BCUT2D eigenvalue weighted by molar-refractivity contribution is -0.183. The van der Waals surface area contributed by atoms with E-state index < -0.39 is 16.8 Å². The van der Waals surface area contributed by atoms with E-state index >= 15 is 0 Å². The molecule has 0 aromatic carbocycles. The van der Waals surface area contributed by atoms with Gasteiger partial charge in [-0.25, -0.2) is 4.79 Å². The summed E-state index contributed by atoms with van der Waals surface area (Å²) in [4.78, 5) is 14.0. The molecule has 1 atom stereocenters. The molecule has 5 nitrogen and oxygen atoms in total. The molecule has 2 saturated heterocycles. The van der Waals surface area contributed by atoms with E-state index in [0.29, 0.717) is 19.4 Å². The Morgan fingerprint density at radius 3 is 2.41 bits per heavy atom. The third-order valence-electron chi connectivity index (χ3n) is 4.72. The molecule has 125 valence electrons. The molecule has 6 heteroatoms. The zero-order valence-corrected chi connectivity index (χ0v) is 15.0. The van der Waals surface area contributed by atoms with E-state index in [1.807, 2.05) is 55.9 Å². The van der Waals surface area contributed by atoms with Crippen LogP contribution < -0.4 is 0 Å². The Morgan fingerprint density at radius 2 is 1.82 bits per heavy atom. The van der Waals surface area contributed by atoms with Crippen molar-refractivity contribution in [2.45, 2.75) is 83.6 Å². The topological polar surface area (TPSA) is 48.0 Å². The van der Waals surface area contributed by atoms with Gasteiger partial charge in [-0.05, 0) is 61.2 Å². The molecule has 0 aromatic rings. The fourth-order valence-corrected chi connectivity index (χ4v) is 2.83. The summed E-state index contributed by atoms with van der Waals surface area (Å²) in [6, 6.07) is 0. The van der Waals surface area contributed by atoms with E-state index in [4.69, 9.17) is 14.1 Å². The van der Waals surface area contributed by atoms with Gasteiger partial charge in [-0.1, -0.05) is 0 Å². The minimum atomic E-state index is -0.479. The van der Waals surface area contributed by atoms with Crippen molar-refractivity contribution < 1.29 is 18.9 Å². The smallest absolute Gasteiger partial charge is 0.410 e. The molecule has 2 fully saturated rings. The third kappa shape index (κ3) is 3.59. The number of carbonyl (C=O) groups excluding carboxylic acids is 1. The average molecular weight is 310 g/mol. The first-order valence-corrected chi connectivity index (χ1v) is 8.04. The third-order valence-corrected chi connectivity index (χ3v) is 4.72. The Balaban J connectivity index is 2.09. The van der Waals surface area contributed by atoms with Crippen molar-refractivity contribution in [2.24, 2.45) is 0 Å². The lowest BCUT2D eigenvalue weighted by Gasteiger charge is -2.43. The SMILES string of the molecule is CC(C)(C)OC(=O)N1CCC2(C[B]OC(C)(C)C(C)(C)O2)C1. The van der Waals surface area contributed by atoms with E-state index in [9.17, 15) is 4.79 Å². The lowest BCUT2D eigenvalue weighted by atomic mass is 9.80. The van der Waals surface area contributed by atoms with Crippen LogP contribution in [0.4, 0.5) is 4.79 Å². The van der Waals surface area contributed by atoms with E-state index in [1.165, 1.54) is 0 Å². The molecule has 1 spiro atoms. The van der Waals surface area contributed by atoms with Crippen molar-refractivity contribution in [1.29, 1.82) is 0 Å². The number of hydrogen-bond acceptors (Lipinski definition) is 4. The van der Waals surface area contributed by atoms with Gasteiger partial charge in [0.25, 0.3) is 7.48 Å². The summed E-state index contributed by atoms with van der Waals surface area (Å²) >= 11 is 0. The minimum Gasteiger partial charge on any atom is -0.444 e. The Kier molecular flexibility index (Phi) is 4.33. The highest BCUT2D eigenvalue weighted by atomic mass is 16.6. The van der Waals surface area contributed by atoms with Crippen LogP contribution in [0.25, 0.3) is 0 Å². The van der Waals surface area contributed by atoms with E-state index in [1.54, 1.807) is 4.90 Å². The van der Waals surface area contributed by atoms with Crippen LogP contribution in [0.3, 0.4) is 0 Å². The summed E-state index contributed by atoms with van der Waals surface area (Å²) in [7, 11) is 1.84. The normalized spacial score (nSPS) is 30.8. The molecule has 1 unspecified atom stereocenters. The summed E-state index contributed by atoms with van der Waals surface area (Å²) in [5.74, 6) is 0. The first kappa shape index (κ1) is 17.6. The van der Waals surface area contributed by atoms with Gasteiger partial charge in [0.2, 0.25) is 0 Å². The monoisotopic (exact) mass is 310 g/mol. The van der Waals surface area contributed by atoms with Crippen LogP contribution in [0, 0.1) is 0 Å². The van der Waals surface area contributed by atoms with Crippen LogP contribution in [0.1, 0.15) is 54.9 Å². The van der Waals surface area contributed by atoms with Crippen LogP contribution in [0.2, 0.25) is 6.32 Å². The molecule has 22 heavy (non-hydrogen) atoms. The lowest BCUT2D eigenvalue weighted by Crippen LogP contribution is -2.52. The van der Waals surface area contributed by atoms with Crippen molar-refractivity contribution in [1.82, 2.24) is 4.90 Å². The van der Waals surface area contributed by atoms with Crippen LogP contribution in [-0.2, 0) is 14.1 Å². The summed E-state index contributed by atoms with van der Waals surface area (Å²) in [6.45, 7) is 15.0. The fourth-order valence-electron chi connectivity index (χ4n) is 2.83. The molecule has 1 amide bonds. The number of likely N-dealkylation sites (tertiary alicyclic amines) is 1. The number of hydrogen-bond donors (Lipinski definition) is 0. The van der Waals surface area contributed by atoms with Gasteiger partial charge in [0, 0.05) is 6.54 Å². The molecule has 0 saturated carbocycles. The minimum absolute atomic E-state index is 0.268. The molecular weight excluding hydrogens is 281 g/mol. The van der Waals surface area contributed by atoms with Crippen LogP contribution >= 0.6 is 0 Å². The van der Waals surface area contributed by atoms with Gasteiger partial charge in [0.05, 0.1) is 23.3 Å². The van der Waals surface area contributed by atoms with Crippen LogP contribution in [0.5, 0.6) is 0 Å². The summed E-state index contributed by atoms with van der Waals surface area (Å²) in [5, 5.41) is 0. The van der Waals surface area contributed by atoms with Gasteiger partial charge in [-0.2, -0.15) is 0 Å². The number of carbonyl (C=O) groups is 1. The number of ether oxygens (including phenoxy) is 2. The maximum atomic E-state index is 12.3. The molecule has 0 aromatic heterocycles. The molecular formula is C16H29BNO4. The largest absolute Gasteiger partial charge is 0.444 e. The van der Waals surface area contributed by atoms with Crippen LogP contribution in [0.15, 0.2) is 0 Å². The molecule has 0 bridgehead atoms. The summed E-state index contributed by atoms with van der Waals surface area (Å²) in [6.07, 6.45) is 1.21. The zero-order chi connectivity index (χ0) is 16.8. The summed E-state index contributed by atoms with van der Waals surface area (Å²) < 4.78 is 17.8. The second-order valence-electron chi connectivity index (χ2n) is 8.45. The predicted molar refractivity (Wildman–Crippen MR) is 86.0 cm³/mol. The first-order chi connectivity index (χ1) is 9.86. The van der Waals surface area contributed by atoms with Crippen molar-refractivity contribution in [3.8, 4) is 0 Å². The fraction of sp³-hybridized carbons (Fsp3) is 0.938.